The molecule has 0 saturated heterocycles. The van der Waals surface area contributed by atoms with Gasteiger partial charge in [-0.3, -0.25) is 0 Å². The fourth-order valence-electron chi connectivity index (χ4n) is 1.57. The highest BCUT2D eigenvalue weighted by molar-refractivity contribution is 5.62. The van der Waals surface area contributed by atoms with Crippen molar-refractivity contribution >= 4 is 11.4 Å². The zero-order valence-corrected chi connectivity index (χ0v) is 9.97. The monoisotopic (exact) mass is 262 g/mol. The average Bonchev–Trinajstić information content (AvgIpc) is 2.37. The van der Waals surface area contributed by atoms with Gasteiger partial charge in [-0.2, -0.15) is 5.26 Å². The molecule has 0 atom stereocenters. The Hall–Kier alpha value is -2.48. The maximum atomic E-state index is 13.6. The molecule has 0 amide bonds. The summed E-state index contributed by atoms with van der Waals surface area (Å²) in [5, 5.41) is 11.0. The fraction of sp³-hybridized carbons (Fsp3) is 0.0714. The average molecular weight is 262 g/mol. The molecule has 0 fully saturated rings. The van der Waals surface area contributed by atoms with E-state index in [1.165, 1.54) is 12.1 Å². The van der Waals surface area contributed by atoms with Crippen molar-refractivity contribution in [3.63, 3.8) is 0 Å². The summed E-state index contributed by atoms with van der Waals surface area (Å²) >= 11 is 0. The molecular weight excluding hydrogens is 253 g/mol. The van der Waals surface area contributed by atoms with E-state index in [1.54, 1.807) is 13.0 Å². The SMILES string of the molecule is Cc1ccc(Nc2c(F)cc(C#N)cc2F)cc1F. The van der Waals surface area contributed by atoms with Gasteiger partial charge in [-0.15, -0.1) is 0 Å². The molecule has 0 spiro atoms. The van der Waals surface area contributed by atoms with Crippen molar-refractivity contribution in [2.75, 3.05) is 5.32 Å². The lowest BCUT2D eigenvalue weighted by molar-refractivity contribution is 0.589. The van der Waals surface area contributed by atoms with Gasteiger partial charge in [0.25, 0.3) is 0 Å². The van der Waals surface area contributed by atoms with Gasteiger partial charge in [-0.1, -0.05) is 6.07 Å². The summed E-state index contributed by atoms with van der Waals surface area (Å²) < 4.78 is 40.6. The minimum atomic E-state index is -0.905. The smallest absolute Gasteiger partial charge is 0.150 e. The number of halogens is 3. The van der Waals surface area contributed by atoms with Crippen LogP contribution in [0.5, 0.6) is 0 Å². The molecule has 2 rings (SSSR count). The normalized spacial score (nSPS) is 10.1. The van der Waals surface area contributed by atoms with Gasteiger partial charge in [-0.05, 0) is 36.8 Å². The number of hydrogen-bond acceptors (Lipinski definition) is 2. The van der Waals surface area contributed by atoms with E-state index < -0.39 is 23.1 Å². The van der Waals surface area contributed by atoms with Gasteiger partial charge in [0, 0.05) is 5.69 Å². The summed E-state index contributed by atoms with van der Waals surface area (Å²) in [7, 11) is 0. The lowest BCUT2D eigenvalue weighted by Crippen LogP contribution is -1.99. The Balaban J connectivity index is 2.38. The predicted molar refractivity (Wildman–Crippen MR) is 65.5 cm³/mol. The number of hydrogen-bond donors (Lipinski definition) is 1. The minimum Gasteiger partial charge on any atom is -0.351 e. The van der Waals surface area contributed by atoms with Crippen LogP contribution >= 0.6 is 0 Å². The highest BCUT2D eigenvalue weighted by Crippen LogP contribution is 2.25. The predicted octanol–water partition coefficient (Wildman–Crippen LogP) is 4.03. The third kappa shape index (κ3) is 2.68. The third-order valence-corrected chi connectivity index (χ3v) is 2.61. The number of benzene rings is 2. The molecular formula is C14H9F3N2. The van der Waals surface area contributed by atoms with Crippen molar-refractivity contribution in [1.29, 1.82) is 5.26 Å². The van der Waals surface area contributed by atoms with Gasteiger partial charge in [0.15, 0.2) is 11.6 Å². The topological polar surface area (TPSA) is 35.8 Å². The molecule has 0 radical (unpaired) electrons. The largest absolute Gasteiger partial charge is 0.351 e. The summed E-state index contributed by atoms with van der Waals surface area (Å²) in [5.41, 5.74) is 0.134. The second-order valence-corrected chi connectivity index (χ2v) is 4.02. The van der Waals surface area contributed by atoms with Gasteiger partial charge in [0.05, 0.1) is 11.6 Å². The number of nitrogens with zero attached hydrogens (tertiary/aromatic N) is 1. The number of anilines is 2. The lowest BCUT2D eigenvalue weighted by Gasteiger charge is -2.10. The first-order chi connectivity index (χ1) is 9.01. The van der Waals surface area contributed by atoms with Crippen molar-refractivity contribution in [2.45, 2.75) is 6.92 Å². The summed E-state index contributed by atoms with van der Waals surface area (Å²) in [5.74, 6) is -2.28. The second-order valence-electron chi connectivity index (χ2n) is 4.02. The van der Waals surface area contributed by atoms with Crippen LogP contribution in [-0.2, 0) is 0 Å². The van der Waals surface area contributed by atoms with Gasteiger partial charge in [0.2, 0.25) is 0 Å². The molecule has 0 heterocycles. The van der Waals surface area contributed by atoms with Crippen molar-refractivity contribution in [3.05, 3.63) is 58.9 Å². The third-order valence-electron chi connectivity index (χ3n) is 2.61. The van der Waals surface area contributed by atoms with E-state index >= 15 is 0 Å². The van der Waals surface area contributed by atoms with E-state index in [9.17, 15) is 13.2 Å². The number of rotatable bonds is 2. The number of nitrogens with one attached hydrogen (secondary N) is 1. The maximum Gasteiger partial charge on any atom is 0.150 e. The number of nitriles is 1. The highest BCUT2D eigenvalue weighted by Gasteiger charge is 2.12. The molecule has 2 aromatic rings. The van der Waals surface area contributed by atoms with Gasteiger partial charge < -0.3 is 5.32 Å². The first-order valence-electron chi connectivity index (χ1n) is 5.43. The Labute approximate surface area is 108 Å². The van der Waals surface area contributed by atoms with Gasteiger partial charge in [-0.25, -0.2) is 13.2 Å². The molecule has 0 aromatic heterocycles. The Morgan fingerprint density at radius 2 is 1.63 bits per heavy atom. The molecule has 0 bridgehead atoms. The van der Waals surface area contributed by atoms with Crippen LogP contribution < -0.4 is 5.32 Å². The van der Waals surface area contributed by atoms with Crippen LogP contribution in [0.3, 0.4) is 0 Å². The van der Waals surface area contributed by atoms with Crippen molar-refractivity contribution < 1.29 is 13.2 Å². The summed E-state index contributed by atoms with van der Waals surface area (Å²) in [6, 6.07) is 7.63. The Bertz CT molecular complexity index is 652. The van der Waals surface area contributed by atoms with E-state index in [0.717, 1.165) is 18.2 Å². The maximum absolute atomic E-state index is 13.6. The summed E-state index contributed by atoms with van der Waals surface area (Å²) in [6.07, 6.45) is 0. The van der Waals surface area contributed by atoms with Gasteiger partial charge >= 0.3 is 0 Å². The van der Waals surface area contributed by atoms with Crippen molar-refractivity contribution in [2.24, 2.45) is 0 Å². The zero-order chi connectivity index (χ0) is 14.0. The molecule has 1 N–H and O–H groups in total. The highest BCUT2D eigenvalue weighted by atomic mass is 19.1. The van der Waals surface area contributed by atoms with Crippen LogP contribution in [0.2, 0.25) is 0 Å². The molecule has 2 nitrogen and oxygen atoms in total. The molecule has 19 heavy (non-hydrogen) atoms. The van der Waals surface area contributed by atoms with Crippen molar-refractivity contribution in [3.8, 4) is 6.07 Å². The Morgan fingerprint density at radius 3 is 2.16 bits per heavy atom. The number of aryl methyl sites for hydroxylation is 1. The Morgan fingerprint density at radius 1 is 1.00 bits per heavy atom. The van der Waals surface area contributed by atoms with Crippen LogP contribution in [-0.4, -0.2) is 0 Å². The first kappa shape index (κ1) is 13.0. The molecule has 2 aromatic carbocycles. The lowest BCUT2D eigenvalue weighted by atomic mass is 10.1. The van der Waals surface area contributed by atoms with E-state index in [0.29, 0.717) is 5.56 Å². The Kier molecular flexibility index (Phi) is 3.43. The summed E-state index contributed by atoms with van der Waals surface area (Å²) in [4.78, 5) is 0. The standard InChI is InChI=1S/C14H9F3N2/c1-8-2-3-10(6-11(8)15)19-14-12(16)4-9(7-18)5-13(14)17/h2-6,19H,1H3. The molecule has 0 aliphatic carbocycles. The second kappa shape index (κ2) is 5.02. The van der Waals surface area contributed by atoms with E-state index in [-0.39, 0.29) is 11.3 Å². The summed E-state index contributed by atoms with van der Waals surface area (Å²) in [6.45, 7) is 1.59. The van der Waals surface area contributed by atoms with Gasteiger partial charge in [0.1, 0.15) is 11.5 Å². The van der Waals surface area contributed by atoms with E-state index in [4.69, 9.17) is 5.26 Å². The van der Waals surface area contributed by atoms with E-state index in [2.05, 4.69) is 5.32 Å². The van der Waals surface area contributed by atoms with Crippen LogP contribution in [0.15, 0.2) is 30.3 Å². The van der Waals surface area contributed by atoms with Crippen LogP contribution in [0, 0.1) is 35.7 Å². The zero-order valence-electron chi connectivity index (χ0n) is 9.97. The minimum absolute atomic E-state index is 0.115. The molecule has 0 unspecified atom stereocenters. The quantitative estimate of drug-likeness (QED) is 0.887. The molecule has 0 aliphatic rings. The fourth-order valence-corrected chi connectivity index (χ4v) is 1.57. The van der Waals surface area contributed by atoms with Crippen LogP contribution in [0.4, 0.5) is 24.5 Å². The van der Waals surface area contributed by atoms with E-state index in [1.807, 2.05) is 0 Å². The molecule has 5 heteroatoms. The van der Waals surface area contributed by atoms with Crippen LogP contribution in [0.25, 0.3) is 0 Å². The van der Waals surface area contributed by atoms with Crippen molar-refractivity contribution in [1.82, 2.24) is 0 Å². The van der Waals surface area contributed by atoms with Crippen LogP contribution in [0.1, 0.15) is 11.1 Å². The molecule has 0 saturated carbocycles. The first-order valence-corrected chi connectivity index (χ1v) is 5.43. The molecule has 96 valence electrons. The molecule has 0 aliphatic heterocycles.